The van der Waals surface area contributed by atoms with Gasteiger partial charge in [0, 0.05) is 6.42 Å². The van der Waals surface area contributed by atoms with Crippen molar-refractivity contribution < 1.29 is 14.3 Å². The molecule has 0 bridgehead atoms. The Morgan fingerprint density at radius 2 is 2.05 bits per heavy atom. The number of hydrogen-bond acceptors (Lipinski definition) is 5. The van der Waals surface area contributed by atoms with Crippen molar-refractivity contribution in [2.75, 3.05) is 0 Å². The van der Waals surface area contributed by atoms with Gasteiger partial charge in [-0.05, 0) is 58.4 Å². The van der Waals surface area contributed by atoms with Gasteiger partial charge in [0.25, 0.3) is 0 Å². The highest BCUT2D eigenvalue weighted by molar-refractivity contribution is 5.84. The Balaban J connectivity index is 2.43. The summed E-state index contributed by atoms with van der Waals surface area (Å²) in [5.74, 6) is 0.145. The number of carbonyl (C=O) groups is 1. The smallest absolute Gasteiger partial charge is 0.331 e. The topological polar surface area (TPSA) is 85.3 Å². The van der Waals surface area contributed by atoms with Crippen molar-refractivity contribution >= 4 is 5.97 Å². The Hall–Kier alpha value is -2.06. The average molecular weight is 302 g/mol. The molecule has 0 radical (unpaired) electrons. The molecule has 1 aliphatic rings. The molecule has 0 fully saturated rings. The molecule has 2 N–H and O–H groups in total. The van der Waals surface area contributed by atoms with Crippen LogP contribution in [0, 0.1) is 11.3 Å². The van der Waals surface area contributed by atoms with E-state index in [1.807, 2.05) is 0 Å². The van der Waals surface area contributed by atoms with E-state index in [1.54, 1.807) is 52.8 Å². The van der Waals surface area contributed by atoms with Crippen LogP contribution in [0.5, 0.6) is 5.75 Å². The Morgan fingerprint density at radius 3 is 2.59 bits per heavy atom. The van der Waals surface area contributed by atoms with Crippen molar-refractivity contribution in [3.05, 3.63) is 29.3 Å². The molecule has 0 saturated carbocycles. The average Bonchev–Trinajstić information content (AvgIpc) is 2.37. The van der Waals surface area contributed by atoms with Gasteiger partial charge in [-0.15, -0.1) is 0 Å². The van der Waals surface area contributed by atoms with Crippen LogP contribution in [0.15, 0.2) is 18.2 Å². The Bertz CT molecular complexity index is 653. The molecule has 5 nitrogen and oxygen atoms in total. The van der Waals surface area contributed by atoms with Gasteiger partial charge in [0.05, 0.1) is 11.6 Å². The van der Waals surface area contributed by atoms with E-state index in [9.17, 15) is 4.79 Å². The van der Waals surface area contributed by atoms with Crippen LogP contribution in [0.4, 0.5) is 0 Å². The van der Waals surface area contributed by atoms with Crippen molar-refractivity contribution in [1.82, 2.24) is 0 Å². The first kappa shape index (κ1) is 16.3. The molecule has 5 heteroatoms. The summed E-state index contributed by atoms with van der Waals surface area (Å²) in [5, 5.41) is 9.02. The van der Waals surface area contributed by atoms with E-state index in [0.717, 1.165) is 5.56 Å². The van der Waals surface area contributed by atoms with Gasteiger partial charge in [-0.2, -0.15) is 5.26 Å². The third kappa shape index (κ3) is 2.79. The first-order chi connectivity index (χ1) is 9.98. The molecule has 1 unspecified atom stereocenters. The molecule has 1 heterocycles. The molecule has 0 spiro atoms. The van der Waals surface area contributed by atoms with Crippen LogP contribution in [0.3, 0.4) is 0 Å². The van der Waals surface area contributed by atoms with Crippen LogP contribution in [-0.2, 0) is 16.0 Å². The van der Waals surface area contributed by atoms with E-state index in [-0.39, 0.29) is 6.42 Å². The number of esters is 1. The summed E-state index contributed by atoms with van der Waals surface area (Å²) < 4.78 is 11.4. The van der Waals surface area contributed by atoms with Crippen molar-refractivity contribution in [3.8, 4) is 11.8 Å². The van der Waals surface area contributed by atoms with Gasteiger partial charge in [-0.25, -0.2) is 4.79 Å². The number of benzene rings is 1. The highest BCUT2D eigenvalue weighted by atomic mass is 16.6. The maximum atomic E-state index is 12.6. The van der Waals surface area contributed by atoms with E-state index in [1.165, 1.54) is 0 Å². The van der Waals surface area contributed by atoms with Gasteiger partial charge in [-0.3, -0.25) is 0 Å². The van der Waals surface area contributed by atoms with Crippen LogP contribution in [0.2, 0.25) is 0 Å². The lowest BCUT2D eigenvalue weighted by Gasteiger charge is -2.46. The first-order valence-corrected chi connectivity index (χ1v) is 7.23. The third-order valence-corrected chi connectivity index (χ3v) is 3.86. The monoisotopic (exact) mass is 302 g/mol. The zero-order chi connectivity index (χ0) is 16.8. The van der Waals surface area contributed by atoms with Crippen LogP contribution < -0.4 is 10.5 Å². The summed E-state index contributed by atoms with van der Waals surface area (Å²) in [6.07, 6.45) is 0.264. The first-order valence-electron chi connectivity index (χ1n) is 7.23. The van der Waals surface area contributed by atoms with Crippen LogP contribution >= 0.6 is 0 Å². The fourth-order valence-corrected chi connectivity index (χ4v) is 2.45. The van der Waals surface area contributed by atoms with Crippen molar-refractivity contribution in [1.29, 1.82) is 5.26 Å². The number of carbonyl (C=O) groups excluding carboxylic acids is 1. The predicted molar refractivity (Wildman–Crippen MR) is 82.3 cm³/mol. The maximum Gasteiger partial charge on any atom is 0.331 e. The number of ether oxygens (including phenoxy) is 2. The Morgan fingerprint density at radius 1 is 1.41 bits per heavy atom. The molecule has 0 amide bonds. The summed E-state index contributed by atoms with van der Waals surface area (Å²) in [6.45, 7) is 8.95. The van der Waals surface area contributed by atoms with Crippen molar-refractivity contribution in [2.45, 2.75) is 57.8 Å². The molecule has 1 aromatic carbocycles. The number of nitrogens with two attached hydrogens (primary N) is 1. The van der Waals surface area contributed by atoms with Crippen molar-refractivity contribution in [3.63, 3.8) is 0 Å². The lowest BCUT2D eigenvalue weighted by atomic mass is 9.75. The van der Waals surface area contributed by atoms with Gasteiger partial charge in [0.15, 0.2) is 5.54 Å². The summed E-state index contributed by atoms with van der Waals surface area (Å²) in [7, 11) is 0. The molecule has 1 atom stereocenters. The number of fused-ring (bicyclic) bond motifs is 1. The van der Waals surface area contributed by atoms with Gasteiger partial charge >= 0.3 is 5.97 Å². The number of nitriles is 1. The molecule has 0 aromatic heterocycles. The minimum atomic E-state index is -1.32. The lowest BCUT2D eigenvalue weighted by molar-refractivity contribution is -0.171. The van der Waals surface area contributed by atoms with Crippen LogP contribution in [0.25, 0.3) is 0 Å². The minimum Gasteiger partial charge on any atom is -0.485 e. The number of nitrogens with zero attached hydrogens (tertiary/aromatic N) is 1. The number of rotatable bonds is 1. The van der Waals surface area contributed by atoms with E-state index in [2.05, 4.69) is 6.07 Å². The largest absolute Gasteiger partial charge is 0.485 e. The molecule has 2 rings (SSSR count). The van der Waals surface area contributed by atoms with Gasteiger partial charge < -0.3 is 15.2 Å². The van der Waals surface area contributed by atoms with Crippen molar-refractivity contribution in [2.24, 2.45) is 5.73 Å². The second-order valence-electron chi connectivity index (χ2n) is 7.20. The highest BCUT2D eigenvalue weighted by Gasteiger charge is 2.55. The summed E-state index contributed by atoms with van der Waals surface area (Å²) in [4.78, 5) is 12.6. The normalized spacial score (nSPS) is 23.0. The standard InChI is InChI=1S/C17H22N2O3/c1-15(2,3)22-14(20)17(19)9-12-8-11(10-18)6-7-13(12)21-16(17,4)5/h6-8H,9,19H2,1-5H3. The minimum absolute atomic E-state index is 0.264. The SMILES string of the molecule is CC(C)(C)OC(=O)C1(N)Cc2cc(C#N)ccc2OC1(C)C. The van der Waals surface area contributed by atoms with E-state index >= 15 is 0 Å². The zero-order valence-electron chi connectivity index (χ0n) is 13.7. The fourth-order valence-electron chi connectivity index (χ4n) is 2.45. The molecule has 1 aliphatic heterocycles. The van der Waals surface area contributed by atoms with E-state index in [4.69, 9.17) is 20.5 Å². The molecule has 0 saturated heterocycles. The summed E-state index contributed by atoms with van der Waals surface area (Å²) in [5.41, 5.74) is 4.79. The van der Waals surface area contributed by atoms with Crippen LogP contribution in [-0.4, -0.2) is 22.7 Å². The predicted octanol–water partition coefficient (Wildman–Crippen LogP) is 2.31. The molecular weight excluding hydrogens is 280 g/mol. The Labute approximate surface area is 131 Å². The summed E-state index contributed by atoms with van der Waals surface area (Å²) >= 11 is 0. The summed E-state index contributed by atoms with van der Waals surface area (Å²) in [6, 6.07) is 7.21. The van der Waals surface area contributed by atoms with Gasteiger partial charge in [0.1, 0.15) is 17.0 Å². The Kier molecular flexibility index (Phi) is 3.70. The second kappa shape index (κ2) is 4.99. The molecule has 1 aromatic rings. The lowest BCUT2D eigenvalue weighted by Crippen LogP contribution is -2.69. The van der Waals surface area contributed by atoms with Gasteiger partial charge in [-0.1, -0.05) is 0 Å². The third-order valence-electron chi connectivity index (χ3n) is 3.86. The maximum absolute atomic E-state index is 12.6. The molecule has 0 aliphatic carbocycles. The number of hydrogen-bond donors (Lipinski definition) is 1. The molecular formula is C17H22N2O3. The molecule has 22 heavy (non-hydrogen) atoms. The van der Waals surface area contributed by atoms with Gasteiger partial charge in [0.2, 0.25) is 0 Å². The zero-order valence-corrected chi connectivity index (χ0v) is 13.7. The molecule has 118 valence electrons. The second-order valence-corrected chi connectivity index (χ2v) is 7.20. The van der Waals surface area contributed by atoms with Crippen LogP contribution in [0.1, 0.15) is 45.7 Å². The quantitative estimate of drug-likeness (QED) is 0.805. The fraction of sp³-hybridized carbons (Fsp3) is 0.529. The highest BCUT2D eigenvalue weighted by Crippen LogP contribution is 2.39. The van der Waals surface area contributed by atoms with E-state index in [0.29, 0.717) is 11.3 Å². The van der Waals surface area contributed by atoms with E-state index < -0.39 is 22.7 Å².